The molecule has 0 saturated heterocycles. The van der Waals surface area contributed by atoms with Crippen LogP contribution in [0.1, 0.15) is 5.56 Å². The number of hydrogen-bond donors (Lipinski definition) is 2. The molecule has 0 aliphatic carbocycles. The molecule has 1 aromatic carbocycles. The van der Waals surface area contributed by atoms with Gasteiger partial charge in [0, 0.05) is 0 Å². The minimum atomic E-state index is 0.117. The second kappa shape index (κ2) is 4.40. The van der Waals surface area contributed by atoms with Gasteiger partial charge in [0.25, 0.3) is 0 Å². The fourth-order valence-corrected chi connectivity index (χ4v) is 1.05. The molecule has 1 rings (SSSR count). The third kappa shape index (κ3) is 2.40. The second-order valence-electron chi connectivity index (χ2n) is 2.60. The first kappa shape index (κ1) is 9.45. The van der Waals surface area contributed by atoms with E-state index in [2.05, 4.69) is 0 Å². The lowest BCUT2D eigenvalue weighted by molar-refractivity contribution is 0.373. The first-order chi connectivity index (χ1) is 6.27. The third-order valence-electron chi connectivity index (χ3n) is 1.70. The van der Waals surface area contributed by atoms with Crippen LogP contribution in [0.2, 0.25) is 0 Å². The molecule has 0 radical (unpaired) electrons. The number of hydrogen-bond acceptors (Lipinski definition) is 3. The predicted molar refractivity (Wildman–Crippen MR) is 50.1 cm³/mol. The summed E-state index contributed by atoms with van der Waals surface area (Å²) in [5.74, 6) is 0.572. The second-order valence-corrected chi connectivity index (χ2v) is 2.60. The van der Waals surface area contributed by atoms with Crippen molar-refractivity contribution in [1.82, 2.24) is 0 Å². The Labute approximate surface area is 76.9 Å². The van der Waals surface area contributed by atoms with Crippen LogP contribution in [0.3, 0.4) is 0 Å². The van der Waals surface area contributed by atoms with E-state index in [-0.39, 0.29) is 5.75 Å². The minimum Gasteiger partial charge on any atom is -0.516 e. The molecule has 0 aromatic heterocycles. The van der Waals surface area contributed by atoms with E-state index in [1.807, 2.05) is 6.07 Å². The summed E-state index contributed by atoms with van der Waals surface area (Å²) in [6, 6.07) is 5.13. The Balaban J connectivity index is 2.83. The highest BCUT2D eigenvalue weighted by molar-refractivity contribution is 5.42. The maximum atomic E-state index is 9.38. The number of aliphatic hydroxyl groups is 1. The monoisotopic (exact) mass is 180 g/mol. The highest BCUT2D eigenvalue weighted by atomic mass is 16.5. The van der Waals surface area contributed by atoms with E-state index >= 15 is 0 Å². The van der Waals surface area contributed by atoms with Gasteiger partial charge in [-0.1, -0.05) is 6.07 Å². The van der Waals surface area contributed by atoms with Crippen molar-refractivity contribution in [2.24, 2.45) is 0 Å². The summed E-state index contributed by atoms with van der Waals surface area (Å²) in [5, 5.41) is 17.8. The summed E-state index contributed by atoms with van der Waals surface area (Å²) in [7, 11) is 1.50. The van der Waals surface area contributed by atoms with E-state index in [0.717, 1.165) is 11.8 Å². The van der Waals surface area contributed by atoms with Gasteiger partial charge in [-0.05, 0) is 30.2 Å². The van der Waals surface area contributed by atoms with Crippen molar-refractivity contribution in [3.05, 3.63) is 36.1 Å². The molecule has 0 aliphatic heterocycles. The van der Waals surface area contributed by atoms with Gasteiger partial charge in [0.1, 0.15) is 0 Å². The Bertz CT molecular complexity index is 305. The van der Waals surface area contributed by atoms with Crippen LogP contribution in [-0.4, -0.2) is 17.3 Å². The Morgan fingerprint density at radius 3 is 2.77 bits per heavy atom. The van der Waals surface area contributed by atoms with Gasteiger partial charge in [0.2, 0.25) is 0 Å². The van der Waals surface area contributed by atoms with Gasteiger partial charge < -0.3 is 14.9 Å². The van der Waals surface area contributed by atoms with Gasteiger partial charge in [-0.15, -0.1) is 0 Å². The third-order valence-corrected chi connectivity index (χ3v) is 1.70. The molecule has 1 aromatic rings. The molecule has 0 unspecified atom stereocenters. The van der Waals surface area contributed by atoms with E-state index in [0.29, 0.717) is 12.2 Å². The number of phenolic OH excluding ortho intramolecular Hbond substituents is 1. The van der Waals surface area contributed by atoms with Crippen LogP contribution in [-0.2, 0) is 6.42 Å². The average molecular weight is 180 g/mol. The summed E-state index contributed by atoms with van der Waals surface area (Å²) >= 11 is 0. The van der Waals surface area contributed by atoms with Gasteiger partial charge in [-0.3, -0.25) is 0 Å². The average Bonchev–Trinajstić information content (AvgIpc) is 2.15. The Morgan fingerprint density at radius 2 is 2.23 bits per heavy atom. The van der Waals surface area contributed by atoms with Crippen molar-refractivity contribution in [3.8, 4) is 11.5 Å². The number of aliphatic hydroxyl groups excluding tert-OH is 1. The normalized spacial score (nSPS) is 10.5. The molecule has 0 atom stereocenters. The lowest BCUT2D eigenvalue weighted by Gasteiger charge is -2.03. The number of methoxy groups -OCH3 is 1. The fourth-order valence-electron chi connectivity index (χ4n) is 1.05. The summed E-state index contributed by atoms with van der Waals surface area (Å²) < 4.78 is 4.89. The Morgan fingerprint density at radius 1 is 1.46 bits per heavy atom. The van der Waals surface area contributed by atoms with Crippen LogP contribution in [0.25, 0.3) is 0 Å². The van der Waals surface area contributed by atoms with Gasteiger partial charge in [0.15, 0.2) is 11.5 Å². The molecule has 2 N–H and O–H groups in total. The molecule has 13 heavy (non-hydrogen) atoms. The summed E-state index contributed by atoms with van der Waals surface area (Å²) in [4.78, 5) is 0. The molecule has 0 fully saturated rings. The SMILES string of the molecule is COc1ccc(CC=CO)cc1O. The number of rotatable bonds is 3. The molecule has 0 bridgehead atoms. The number of phenols is 1. The first-order valence-corrected chi connectivity index (χ1v) is 3.93. The van der Waals surface area contributed by atoms with Crippen LogP contribution < -0.4 is 4.74 Å². The molecule has 0 spiro atoms. The minimum absolute atomic E-state index is 0.117. The maximum Gasteiger partial charge on any atom is 0.160 e. The van der Waals surface area contributed by atoms with Gasteiger partial charge >= 0.3 is 0 Å². The van der Waals surface area contributed by atoms with Crippen LogP contribution in [0.15, 0.2) is 30.5 Å². The van der Waals surface area contributed by atoms with E-state index < -0.39 is 0 Å². The zero-order chi connectivity index (χ0) is 9.68. The number of aromatic hydroxyl groups is 1. The van der Waals surface area contributed by atoms with Crippen LogP contribution in [0.4, 0.5) is 0 Å². The van der Waals surface area contributed by atoms with Crippen molar-refractivity contribution >= 4 is 0 Å². The van der Waals surface area contributed by atoms with Crippen molar-refractivity contribution in [3.63, 3.8) is 0 Å². The zero-order valence-electron chi connectivity index (χ0n) is 7.40. The summed E-state index contributed by atoms with van der Waals surface area (Å²) in [6.07, 6.45) is 3.18. The Kier molecular flexibility index (Phi) is 3.20. The van der Waals surface area contributed by atoms with Crippen LogP contribution in [0, 0.1) is 0 Å². The molecule has 0 saturated carbocycles. The quantitative estimate of drug-likeness (QED) is 0.699. The molecule has 3 nitrogen and oxygen atoms in total. The molecule has 0 amide bonds. The zero-order valence-corrected chi connectivity index (χ0v) is 7.40. The summed E-state index contributed by atoms with van der Waals surface area (Å²) in [5.41, 5.74) is 0.920. The lowest BCUT2D eigenvalue weighted by atomic mass is 10.1. The highest BCUT2D eigenvalue weighted by Gasteiger charge is 2.00. The fraction of sp³-hybridized carbons (Fsp3) is 0.200. The molecule has 0 aliphatic rings. The first-order valence-electron chi connectivity index (χ1n) is 3.93. The van der Waals surface area contributed by atoms with Crippen molar-refractivity contribution in [1.29, 1.82) is 0 Å². The number of ether oxygens (including phenoxy) is 1. The Hall–Kier alpha value is -1.64. The van der Waals surface area contributed by atoms with Crippen molar-refractivity contribution in [2.45, 2.75) is 6.42 Å². The molecule has 0 heterocycles. The molecule has 3 heteroatoms. The standard InChI is InChI=1S/C10H12O3/c1-13-10-5-4-8(3-2-6-11)7-9(10)12/h2,4-7,11-12H,3H2,1H3. The maximum absolute atomic E-state index is 9.38. The van der Waals surface area contributed by atoms with Crippen LogP contribution >= 0.6 is 0 Å². The largest absolute Gasteiger partial charge is 0.516 e. The smallest absolute Gasteiger partial charge is 0.160 e. The predicted octanol–water partition coefficient (Wildman–Crippen LogP) is 2.02. The molecular formula is C10H12O3. The van der Waals surface area contributed by atoms with E-state index in [1.54, 1.807) is 18.2 Å². The number of allylic oxidation sites excluding steroid dienone is 1. The van der Waals surface area contributed by atoms with Crippen molar-refractivity contribution < 1.29 is 14.9 Å². The van der Waals surface area contributed by atoms with E-state index in [1.165, 1.54) is 7.11 Å². The van der Waals surface area contributed by atoms with E-state index in [4.69, 9.17) is 9.84 Å². The molecule has 70 valence electrons. The topological polar surface area (TPSA) is 49.7 Å². The van der Waals surface area contributed by atoms with Crippen molar-refractivity contribution in [2.75, 3.05) is 7.11 Å². The highest BCUT2D eigenvalue weighted by Crippen LogP contribution is 2.26. The number of benzene rings is 1. The van der Waals surface area contributed by atoms with Gasteiger partial charge in [-0.25, -0.2) is 0 Å². The van der Waals surface area contributed by atoms with Crippen LogP contribution in [0.5, 0.6) is 11.5 Å². The van der Waals surface area contributed by atoms with E-state index in [9.17, 15) is 5.11 Å². The van der Waals surface area contributed by atoms with Gasteiger partial charge in [-0.2, -0.15) is 0 Å². The lowest BCUT2D eigenvalue weighted by Crippen LogP contribution is -1.86. The summed E-state index contributed by atoms with van der Waals surface area (Å²) in [6.45, 7) is 0. The van der Waals surface area contributed by atoms with Gasteiger partial charge in [0.05, 0.1) is 13.4 Å². The molecular weight excluding hydrogens is 168 g/mol.